The topological polar surface area (TPSA) is 66.8 Å². The van der Waals surface area contributed by atoms with Crippen LogP contribution in [-0.4, -0.2) is 41.1 Å². The number of hydrogen-bond donors (Lipinski definition) is 1. The minimum atomic E-state index is -1.35. The van der Waals surface area contributed by atoms with E-state index >= 15 is 0 Å². The second kappa shape index (κ2) is 5.69. The molecule has 0 aromatic heterocycles. The van der Waals surface area contributed by atoms with Crippen LogP contribution in [0, 0.1) is 5.82 Å². The predicted octanol–water partition coefficient (Wildman–Crippen LogP) is 1.53. The Kier molecular flexibility index (Phi) is 4.47. The van der Waals surface area contributed by atoms with Crippen molar-refractivity contribution >= 4 is 11.9 Å². The van der Waals surface area contributed by atoms with E-state index in [1.54, 1.807) is 6.07 Å². The second-order valence-electron chi connectivity index (χ2n) is 4.54. The van der Waals surface area contributed by atoms with Crippen LogP contribution < -0.4 is 4.74 Å². The monoisotopic (exact) mass is 269 g/mol. The molecule has 104 valence electrons. The number of carbonyl (C=O) groups is 2. The van der Waals surface area contributed by atoms with Gasteiger partial charge in [-0.05, 0) is 26.0 Å². The molecule has 0 heterocycles. The molecule has 0 unspecified atom stereocenters. The number of para-hydroxylation sites is 1. The van der Waals surface area contributed by atoms with Crippen molar-refractivity contribution in [1.82, 2.24) is 4.90 Å². The van der Waals surface area contributed by atoms with Gasteiger partial charge in [-0.1, -0.05) is 12.1 Å². The normalized spacial score (nSPS) is 10.9. The van der Waals surface area contributed by atoms with Gasteiger partial charge in [-0.3, -0.25) is 4.79 Å². The van der Waals surface area contributed by atoms with Crippen molar-refractivity contribution in [3.63, 3.8) is 0 Å². The van der Waals surface area contributed by atoms with Gasteiger partial charge < -0.3 is 14.7 Å². The molecule has 6 heteroatoms. The smallest absolute Gasteiger partial charge is 0.329 e. The van der Waals surface area contributed by atoms with E-state index in [0.717, 1.165) is 4.90 Å². The number of likely N-dealkylation sites (N-methyl/N-ethyl adjacent to an activating group) is 1. The molecule has 19 heavy (non-hydrogen) atoms. The quantitative estimate of drug-likeness (QED) is 0.880. The third-order valence-electron chi connectivity index (χ3n) is 2.92. The first-order valence-corrected chi connectivity index (χ1v) is 5.64. The van der Waals surface area contributed by atoms with Gasteiger partial charge in [0.05, 0.1) is 0 Å². The fraction of sp³-hybridized carbons (Fsp3) is 0.385. The summed E-state index contributed by atoms with van der Waals surface area (Å²) >= 11 is 0. The summed E-state index contributed by atoms with van der Waals surface area (Å²) in [6.45, 7) is 2.38. The lowest BCUT2D eigenvalue weighted by Crippen LogP contribution is -2.52. The summed E-state index contributed by atoms with van der Waals surface area (Å²) in [5.74, 6) is -2.29. The van der Waals surface area contributed by atoms with E-state index in [-0.39, 0.29) is 5.75 Å². The minimum absolute atomic E-state index is 0.0441. The molecule has 0 aliphatic heterocycles. The van der Waals surface area contributed by atoms with Gasteiger partial charge in [-0.25, -0.2) is 9.18 Å². The van der Waals surface area contributed by atoms with Crippen LogP contribution in [0.1, 0.15) is 13.8 Å². The SMILES string of the molecule is CN(C(=O)COc1ccccc1F)C(C)(C)C(=O)O. The Bertz CT molecular complexity index is 487. The highest BCUT2D eigenvalue weighted by Gasteiger charge is 2.35. The Morgan fingerprint density at radius 2 is 1.95 bits per heavy atom. The highest BCUT2D eigenvalue weighted by molar-refractivity contribution is 5.86. The Morgan fingerprint density at radius 3 is 2.47 bits per heavy atom. The van der Waals surface area contributed by atoms with E-state index in [4.69, 9.17) is 9.84 Å². The highest BCUT2D eigenvalue weighted by Crippen LogP contribution is 2.17. The third-order valence-corrected chi connectivity index (χ3v) is 2.92. The number of ether oxygens (including phenoxy) is 1. The van der Waals surface area contributed by atoms with Crippen LogP contribution in [0.25, 0.3) is 0 Å². The molecule has 0 radical (unpaired) electrons. The lowest BCUT2D eigenvalue weighted by atomic mass is 10.0. The summed E-state index contributed by atoms with van der Waals surface area (Å²) in [6.07, 6.45) is 0. The zero-order chi connectivity index (χ0) is 14.6. The van der Waals surface area contributed by atoms with Crippen molar-refractivity contribution in [3.05, 3.63) is 30.1 Å². The Morgan fingerprint density at radius 1 is 1.37 bits per heavy atom. The largest absolute Gasteiger partial charge is 0.481 e. The van der Waals surface area contributed by atoms with Crippen LogP contribution >= 0.6 is 0 Å². The molecule has 0 atom stereocenters. The highest BCUT2D eigenvalue weighted by atomic mass is 19.1. The number of carboxylic acid groups (broad SMARTS) is 1. The molecule has 1 aromatic carbocycles. The number of benzene rings is 1. The standard InChI is InChI=1S/C13H16FNO4/c1-13(2,12(17)18)15(3)11(16)8-19-10-7-5-4-6-9(10)14/h4-7H,8H2,1-3H3,(H,17,18). The van der Waals surface area contributed by atoms with Gasteiger partial charge >= 0.3 is 5.97 Å². The van der Waals surface area contributed by atoms with Gasteiger partial charge in [-0.15, -0.1) is 0 Å². The third kappa shape index (κ3) is 3.43. The Balaban J connectivity index is 2.66. The minimum Gasteiger partial charge on any atom is -0.481 e. The molecule has 5 nitrogen and oxygen atoms in total. The molecular weight excluding hydrogens is 253 g/mol. The molecule has 1 N–H and O–H groups in total. The molecule has 0 saturated carbocycles. The van der Waals surface area contributed by atoms with Crippen LogP contribution in [0.5, 0.6) is 5.75 Å². The molecule has 1 rings (SSSR count). The van der Waals surface area contributed by atoms with E-state index in [1.807, 2.05) is 0 Å². The molecule has 0 spiro atoms. The molecule has 1 amide bonds. The van der Waals surface area contributed by atoms with Gasteiger partial charge in [0.2, 0.25) is 0 Å². The first-order chi connectivity index (χ1) is 8.76. The number of aliphatic carboxylic acids is 1. The molecule has 1 aromatic rings. The summed E-state index contributed by atoms with van der Waals surface area (Å²) in [4.78, 5) is 23.8. The van der Waals surface area contributed by atoms with Crippen LogP contribution in [0.15, 0.2) is 24.3 Å². The molecule has 0 aliphatic rings. The van der Waals surface area contributed by atoms with Crippen LogP contribution in [0.4, 0.5) is 4.39 Å². The van der Waals surface area contributed by atoms with E-state index in [1.165, 1.54) is 39.1 Å². The van der Waals surface area contributed by atoms with Crippen LogP contribution in [0.3, 0.4) is 0 Å². The second-order valence-corrected chi connectivity index (χ2v) is 4.54. The Labute approximate surface area is 110 Å². The molecule has 0 aliphatic carbocycles. The van der Waals surface area contributed by atoms with E-state index in [2.05, 4.69) is 0 Å². The summed E-state index contributed by atoms with van der Waals surface area (Å²) < 4.78 is 18.3. The van der Waals surface area contributed by atoms with Gasteiger partial charge in [0.25, 0.3) is 5.91 Å². The summed E-state index contributed by atoms with van der Waals surface area (Å²) in [5.41, 5.74) is -1.35. The van der Waals surface area contributed by atoms with Crippen molar-refractivity contribution in [2.75, 3.05) is 13.7 Å². The first-order valence-electron chi connectivity index (χ1n) is 5.64. The average molecular weight is 269 g/mol. The maximum Gasteiger partial charge on any atom is 0.329 e. The van der Waals surface area contributed by atoms with Crippen molar-refractivity contribution in [2.24, 2.45) is 0 Å². The van der Waals surface area contributed by atoms with E-state index in [9.17, 15) is 14.0 Å². The molecule has 0 fully saturated rings. The lowest BCUT2D eigenvalue weighted by Gasteiger charge is -2.31. The zero-order valence-corrected chi connectivity index (χ0v) is 11.0. The number of carbonyl (C=O) groups excluding carboxylic acids is 1. The molecule has 0 saturated heterocycles. The number of hydrogen-bond acceptors (Lipinski definition) is 3. The predicted molar refractivity (Wildman–Crippen MR) is 66.4 cm³/mol. The lowest BCUT2D eigenvalue weighted by molar-refractivity contribution is -0.156. The summed E-state index contributed by atoms with van der Waals surface area (Å²) in [6, 6.07) is 5.69. The van der Waals surface area contributed by atoms with Crippen molar-refractivity contribution in [1.29, 1.82) is 0 Å². The van der Waals surface area contributed by atoms with Gasteiger partial charge in [-0.2, -0.15) is 0 Å². The number of halogens is 1. The number of rotatable bonds is 5. The zero-order valence-electron chi connectivity index (χ0n) is 11.0. The van der Waals surface area contributed by atoms with E-state index < -0.39 is 29.8 Å². The summed E-state index contributed by atoms with van der Waals surface area (Å²) in [5, 5.41) is 9.00. The van der Waals surface area contributed by atoms with Gasteiger partial charge in [0.1, 0.15) is 5.54 Å². The fourth-order valence-electron chi connectivity index (χ4n) is 1.25. The van der Waals surface area contributed by atoms with Crippen LogP contribution in [0.2, 0.25) is 0 Å². The Hall–Kier alpha value is -2.11. The molecule has 0 bridgehead atoms. The fourth-order valence-corrected chi connectivity index (χ4v) is 1.25. The van der Waals surface area contributed by atoms with Crippen molar-refractivity contribution in [3.8, 4) is 5.75 Å². The van der Waals surface area contributed by atoms with Gasteiger partial charge in [0, 0.05) is 7.05 Å². The maximum absolute atomic E-state index is 13.3. The van der Waals surface area contributed by atoms with Crippen LogP contribution in [-0.2, 0) is 9.59 Å². The van der Waals surface area contributed by atoms with Crippen molar-refractivity contribution < 1.29 is 23.8 Å². The van der Waals surface area contributed by atoms with Crippen molar-refractivity contribution in [2.45, 2.75) is 19.4 Å². The average Bonchev–Trinajstić information content (AvgIpc) is 2.36. The maximum atomic E-state index is 13.3. The first kappa shape index (κ1) is 14.9. The summed E-state index contributed by atoms with van der Waals surface area (Å²) in [7, 11) is 1.36. The number of amides is 1. The van der Waals surface area contributed by atoms with E-state index in [0.29, 0.717) is 0 Å². The van der Waals surface area contributed by atoms with Gasteiger partial charge in [0.15, 0.2) is 18.2 Å². The molecular formula is C13H16FNO4. The number of nitrogens with zero attached hydrogens (tertiary/aromatic N) is 1. The number of carboxylic acids is 1.